The van der Waals surface area contributed by atoms with Crippen molar-refractivity contribution in [1.82, 2.24) is 10.3 Å². The quantitative estimate of drug-likeness (QED) is 0.579. The average molecular weight is 213 g/mol. The zero-order valence-electron chi connectivity index (χ0n) is 9.24. The first-order valence-corrected chi connectivity index (χ1v) is 5.36. The number of pyridine rings is 1. The van der Waals surface area contributed by atoms with Crippen LogP contribution in [0.15, 0.2) is 18.3 Å². The molecule has 0 aliphatic carbocycles. The van der Waals surface area contributed by atoms with E-state index in [0.29, 0.717) is 12.2 Å². The maximum atomic E-state index is 8.83. The number of aromatic nitrogens is 1. The molecule has 82 valence electrons. The maximum Gasteiger partial charge on any atom is 0.144 e. The van der Waals surface area contributed by atoms with Gasteiger partial charge < -0.3 is 5.32 Å². The fourth-order valence-electron chi connectivity index (χ4n) is 1.38. The van der Waals surface area contributed by atoms with Crippen LogP contribution in [0, 0.1) is 23.7 Å². The molecule has 1 N–H and O–H groups in total. The van der Waals surface area contributed by atoms with E-state index in [4.69, 9.17) is 11.7 Å². The lowest BCUT2D eigenvalue weighted by Gasteiger charge is -2.04. The number of nitriles is 1. The Morgan fingerprint density at radius 2 is 2.31 bits per heavy atom. The maximum absolute atomic E-state index is 8.83. The summed E-state index contributed by atoms with van der Waals surface area (Å²) in [6.45, 7) is 1.61. The Hall–Kier alpha value is -1.84. The second kappa shape index (κ2) is 7.45. The Morgan fingerprint density at radius 1 is 1.44 bits per heavy atom. The van der Waals surface area contributed by atoms with E-state index in [9.17, 15) is 0 Å². The summed E-state index contributed by atoms with van der Waals surface area (Å²) in [5.41, 5.74) is 1.44. The third-order valence-electron chi connectivity index (χ3n) is 2.24. The number of nitrogens with zero attached hydrogens (tertiary/aromatic N) is 2. The van der Waals surface area contributed by atoms with Crippen molar-refractivity contribution in [2.45, 2.75) is 25.8 Å². The number of unbranched alkanes of at least 4 members (excludes halogenated alkanes) is 2. The minimum absolute atomic E-state index is 0.499. The highest BCUT2D eigenvalue weighted by atomic mass is 14.9. The van der Waals surface area contributed by atoms with Crippen molar-refractivity contribution < 1.29 is 0 Å². The summed E-state index contributed by atoms with van der Waals surface area (Å²) in [5, 5.41) is 12.1. The van der Waals surface area contributed by atoms with E-state index >= 15 is 0 Å². The summed E-state index contributed by atoms with van der Waals surface area (Å²) in [4.78, 5) is 4.00. The molecule has 0 aliphatic heterocycles. The van der Waals surface area contributed by atoms with Crippen LogP contribution in [-0.2, 0) is 6.54 Å². The number of rotatable bonds is 6. The SMILES string of the molecule is C#CCCCCNCc1cccnc1C#N. The Morgan fingerprint density at radius 3 is 3.06 bits per heavy atom. The number of nitrogens with one attached hydrogen (secondary N) is 1. The van der Waals surface area contributed by atoms with Crippen LogP contribution in [-0.4, -0.2) is 11.5 Å². The molecule has 1 rings (SSSR count). The molecule has 3 heteroatoms. The summed E-state index contributed by atoms with van der Waals surface area (Å²) in [6, 6.07) is 5.84. The van der Waals surface area contributed by atoms with Gasteiger partial charge in [-0.2, -0.15) is 5.26 Å². The lowest BCUT2D eigenvalue weighted by molar-refractivity contribution is 0.628. The molecule has 0 saturated carbocycles. The van der Waals surface area contributed by atoms with Crippen molar-refractivity contribution in [1.29, 1.82) is 5.26 Å². The Kier molecular flexibility index (Phi) is 5.70. The van der Waals surface area contributed by atoms with Crippen molar-refractivity contribution in [2.75, 3.05) is 6.54 Å². The topological polar surface area (TPSA) is 48.7 Å². The molecule has 0 bridgehead atoms. The highest BCUT2D eigenvalue weighted by Crippen LogP contribution is 2.03. The second-order valence-corrected chi connectivity index (χ2v) is 3.46. The largest absolute Gasteiger partial charge is 0.313 e. The monoisotopic (exact) mass is 213 g/mol. The molecule has 0 aromatic carbocycles. The fraction of sp³-hybridized carbons (Fsp3) is 0.385. The van der Waals surface area contributed by atoms with Crippen LogP contribution >= 0.6 is 0 Å². The van der Waals surface area contributed by atoms with E-state index in [2.05, 4.69) is 22.3 Å². The number of hydrogen-bond donors (Lipinski definition) is 1. The van der Waals surface area contributed by atoms with Gasteiger partial charge in [0.15, 0.2) is 0 Å². The van der Waals surface area contributed by atoms with Gasteiger partial charge >= 0.3 is 0 Å². The summed E-state index contributed by atoms with van der Waals surface area (Å²) in [6.07, 6.45) is 9.73. The normalized spacial score (nSPS) is 9.38. The molecule has 0 radical (unpaired) electrons. The minimum Gasteiger partial charge on any atom is -0.313 e. The Balaban J connectivity index is 2.27. The minimum atomic E-state index is 0.499. The van der Waals surface area contributed by atoms with Gasteiger partial charge in [0, 0.05) is 24.7 Å². The molecule has 1 aromatic heterocycles. The molecule has 0 aliphatic rings. The van der Waals surface area contributed by atoms with Gasteiger partial charge in [-0.1, -0.05) is 6.07 Å². The van der Waals surface area contributed by atoms with Crippen LogP contribution in [0.4, 0.5) is 0 Å². The van der Waals surface area contributed by atoms with Crippen molar-refractivity contribution in [3.8, 4) is 18.4 Å². The first-order chi connectivity index (χ1) is 7.88. The van der Waals surface area contributed by atoms with E-state index in [1.807, 2.05) is 12.1 Å². The molecule has 0 atom stereocenters. The molecule has 0 unspecified atom stereocenters. The molecule has 0 saturated heterocycles. The van der Waals surface area contributed by atoms with Crippen molar-refractivity contribution >= 4 is 0 Å². The highest BCUT2D eigenvalue weighted by molar-refractivity contribution is 5.30. The van der Waals surface area contributed by atoms with E-state index in [1.54, 1.807) is 6.20 Å². The third-order valence-corrected chi connectivity index (χ3v) is 2.24. The van der Waals surface area contributed by atoms with Crippen LogP contribution in [0.3, 0.4) is 0 Å². The summed E-state index contributed by atoms with van der Waals surface area (Å²) < 4.78 is 0. The predicted molar refractivity (Wildman–Crippen MR) is 63.3 cm³/mol. The van der Waals surface area contributed by atoms with Crippen LogP contribution in [0.5, 0.6) is 0 Å². The molecule has 16 heavy (non-hydrogen) atoms. The second-order valence-electron chi connectivity index (χ2n) is 3.46. The van der Waals surface area contributed by atoms with Gasteiger partial charge in [-0.3, -0.25) is 0 Å². The van der Waals surface area contributed by atoms with Gasteiger partial charge in [0.2, 0.25) is 0 Å². The Labute approximate surface area is 96.5 Å². The third kappa shape index (κ3) is 4.13. The fourth-order valence-corrected chi connectivity index (χ4v) is 1.38. The first-order valence-electron chi connectivity index (χ1n) is 5.36. The smallest absolute Gasteiger partial charge is 0.144 e. The summed E-state index contributed by atoms with van der Waals surface area (Å²) >= 11 is 0. The van der Waals surface area contributed by atoms with E-state index in [0.717, 1.165) is 31.4 Å². The molecule has 0 amide bonds. The molecule has 0 spiro atoms. The van der Waals surface area contributed by atoms with Gasteiger partial charge in [0.05, 0.1) is 0 Å². The zero-order valence-corrected chi connectivity index (χ0v) is 9.24. The molecule has 0 fully saturated rings. The van der Waals surface area contributed by atoms with Gasteiger partial charge in [-0.05, 0) is 25.5 Å². The van der Waals surface area contributed by atoms with Crippen LogP contribution in [0.25, 0.3) is 0 Å². The van der Waals surface area contributed by atoms with Crippen LogP contribution in [0.2, 0.25) is 0 Å². The van der Waals surface area contributed by atoms with E-state index in [1.165, 1.54) is 0 Å². The van der Waals surface area contributed by atoms with Crippen LogP contribution in [0.1, 0.15) is 30.5 Å². The highest BCUT2D eigenvalue weighted by Gasteiger charge is 2.00. The van der Waals surface area contributed by atoms with Gasteiger partial charge in [0.25, 0.3) is 0 Å². The van der Waals surface area contributed by atoms with Crippen molar-refractivity contribution in [3.63, 3.8) is 0 Å². The zero-order chi connectivity index (χ0) is 11.6. The van der Waals surface area contributed by atoms with Gasteiger partial charge in [-0.25, -0.2) is 4.98 Å². The summed E-state index contributed by atoms with van der Waals surface area (Å²) in [7, 11) is 0. The van der Waals surface area contributed by atoms with Crippen molar-refractivity contribution in [3.05, 3.63) is 29.6 Å². The summed E-state index contributed by atoms with van der Waals surface area (Å²) in [5.74, 6) is 2.61. The molecular formula is C13H15N3. The Bertz CT molecular complexity index is 398. The van der Waals surface area contributed by atoms with Gasteiger partial charge in [-0.15, -0.1) is 12.3 Å². The van der Waals surface area contributed by atoms with Gasteiger partial charge in [0.1, 0.15) is 11.8 Å². The lowest BCUT2D eigenvalue weighted by atomic mass is 10.2. The number of terminal acetylenes is 1. The average Bonchev–Trinajstić information content (AvgIpc) is 2.34. The standard InChI is InChI=1S/C13H15N3/c1-2-3-4-5-8-15-11-12-7-6-9-16-13(12)10-14/h1,6-7,9,15H,3-5,8,11H2. The molecule has 3 nitrogen and oxygen atoms in total. The molecule has 1 heterocycles. The molecular weight excluding hydrogens is 198 g/mol. The number of hydrogen-bond acceptors (Lipinski definition) is 3. The van der Waals surface area contributed by atoms with E-state index < -0.39 is 0 Å². The van der Waals surface area contributed by atoms with E-state index in [-0.39, 0.29) is 0 Å². The van der Waals surface area contributed by atoms with Crippen LogP contribution < -0.4 is 5.32 Å². The first kappa shape index (κ1) is 12.2. The lowest BCUT2D eigenvalue weighted by Crippen LogP contribution is -2.15. The predicted octanol–water partition coefficient (Wildman–Crippen LogP) is 1.85. The van der Waals surface area contributed by atoms with Crippen molar-refractivity contribution in [2.24, 2.45) is 0 Å². The molecule has 1 aromatic rings.